The predicted molar refractivity (Wildman–Crippen MR) is 139 cm³/mol. The van der Waals surface area contributed by atoms with Crippen molar-refractivity contribution in [3.05, 3.63) is 116 Å². The van der Waals surface area contributed by atoms with Gasteiger partial charge in [-0.2, -0.15) is 0 Å². The van der Waals surface area contributed by atoms with Crippen LogP contribution in [0.25, 0.3) is 61.0 Å². The van der Waals surface area contributed by atoms with Gasteiger partial charge in [0.25, 0.3) is 0 Å². The first-order valence-corrected chi connectivity index (χ1v) is 11.4. The van der Waals surface area contributed by atoms with Crippen molar-refractivity contribution in [1.29, 1.82) is 0 Å². The Morgan fingerprint density at radius 1 is 0.618 bits per heavy atom. The number of aromatic nitrogens is 4. The zero-order chi connectivity index (χ0) is 22.5. The van der Waals surface area contributed by atoms with Crippen molar-refractivity contribution in [2.45, 2.75) is 0 Å². The number of hydrogen-bond acceptors (Lipinski definition) is 2. The molecule has 7 aromatic rings. The van der Waals surface area contributed by atoms with Crippen LogP contribution in [0.5, 0.6) is 0 Å². The average molecular weight is 437 g/mol. The summed E-state index contributed by atoms with van der Waals surface area (Å²) in [5.74, 6) is 0.720. The molecule has 0 aliphatic rings. The van der Waals surface area contributed by atoms with Crippen molar-refractivity contribution in [2.24, 2.45) is 0 Å². The predicted octanol–water partition coefficient (Wildman–Crippen LogP) is 7.39. The number of nitrogens with zero attached hydrogens (tertiary/aromatic N) is 3. The van der Waals surface area contributed by atoms with E-state index in [1.165, 1.54) is 16.2 Å². The van der Waals surface area contributed by atoms with Crippen LogP contribution in [0.2, 0.25) is 0 Å². The molecule has 3 aromatic heterocycles. The number of H-pyrrole nitrogens is 1. The molecule has 0 aliphatic heterocycles. The molecule has 0 bridgehead atoms. The van der Waals surface area contributed by atoms with Crippen molar-refractivity contribution in [3.8, 4) is 28.3 Å². The Kier molecular flexibility index (Phi) is 4.11. The van der Waals surface area contributed by atoms with Gasteiger partial charge >= 0.3 is 0 Å². The normalized spacial score (nSPS) is 11.5. The van der Waals surface area contributed by atoms with Crippen LogP contribution in [0, 0.1) is 0 Å². The van der Waals surface area contributed by atoms with E-state index >= 15 is 0 Å². The molecule has 3 heterocycles. The fraction of sp³-hybridized carbons (Fsp3) is 0. The quantitative estimate of drug-likeness (QED) is 0.314. The Balaban J connectivity index is 1.48. The molecule has 7 rings (SSSR count). The molecule has 0 amide bonds. The van der Waals surface area contributed by atoms with Crippen LogP contribution in [0.3, 0.4) is 0 Å². The van der Waals surface area contributed by atoms with Crippen molar-refractivity contribution in [2.75, 3.05) is 0 Å². The number of fused-ring (bicyclic) bond motifs is 5. The van der Waals surface area contributed by atoms with E-state index in [-0.39, 0.29) is 0 Å². The van der Waals surface area contributed by atoms with Gasteiger partial charge < -0.3 is 9.55 Å². The molecule has 0 saturated carbocycles. The molecule has 1 N–H and O–H groups in total. The van der Waals surface area contributed by atoms with E-state index in [9.17, 15) is 0 Å². The SMILES string of the molecule is c1ccc(-c2ncc(-n3ccc4c5[nH]c6ccccc6c5ccc43)c(-c3ccccc3)n2)cc1. The first-order valence-electron chi connectivity index (χ1n) is 11.4. The van der Waals surface area contributed by atoms with Crippen LogP contribution in [0.1, 0.15) is 0 Å². The lowest BCUT2D eigenvalue weighted by molar-refractivity contribution is 1.06. The van der Waals surface area contributed by atoms with E-state index in [1.54, 1.807) is 0 Å². The number of aromatic amines is 1. The highest BCUT2D eigenvalue weighted by Crippen LogP contribution is 2.35. The maximum absolute atomic E-state index is 5.03. The molecule has 0 atom stereocenters. The Labute approximate surface area is 196 Å². The number of para-hydroxylation sites is 1. The highest BCUT2D eigenvalue weighted by Gasteiger charge is 2.16. The second-order valence-corrected chi connectivity index (χ2v) is 8.44. The van der Waals surface area contributed by atoms with Crippen LogP contribution in [0.15, 0.2) is 116 Å². The van der Waals surface area contributed by atoms with Gasteiger partial charge in [-0.15, -0.1) is 0 Å². The van der Waals surface area contributed by atoms with Gasteiger partial charge in [-0.25, -0.2) is 9.97 Å². The van der Waals surface area contributed by atoms with E-state index in [1.807, 2.05) is 54.7 Å². The second kappa shape index (κ2) is 7.42. The summed E-state index contributed by atoms with van der Waals surface area (Å²) in [7, 11) is 0. The maximum atomic E-state index is 5.03. The molecule has 160 valence electrons. The van der Waals surface area contributed by atoms with Gasteiger partial charge in [-0.05, 0) is 18.2 Å². The number of rotatable bonds is 3. The zero-order valence-corrected chi connectivity index (χ0v) is 18.3. The highest BCUT2D eigenvalue weighted by molar-refractivity contribution is 6.16. The van der Waals surface area contributed by atoms with Crippen LogP contribution < -0.4 is 0 Å². The van der Waals surface area contributed by atoms with Gasteiger partial charge in [0.15, 0.2) is 5.82 Å². The summed E-state index contributed by atoms with van der Waals surface area (Å²) >= 11 is 0. The standard InChI is InChI=1S/C30H20N4/c1-3-9-20(10-4-1)28-27(19-31-30(33-28)21-11-5-2-6-12-21)34-18-17-24-26(34)16-15-23-22-13-7-8-14-25(22)32-29(23)24/h1-19,32H. The van der Waals surface area contributed by atoms with E-state index in [4.69, 9.17) is 9.97 Å². The minimum atomic E-state index is 0.720. The number of nitrogens with one attached hydrogen (secondary N) is 1. The van der Waals surface area contributed by atoms with Crippen molar-refractivity contribution in [1.82, 2.24) is 19.5 Å². The Hall–Kier alpha value is -4.70. The van der Waals surface area contributed by atoms with Gasteiger partial charge in [0.2, 0.25) is 0 Å². The molecule has 0 radical (unpaired) electrons. The van der Waals surface area contributed by atoms with E-state index < -0.39 is 0 Å². The fourth-order valence-electron chi connectivity index (χ4n) is 4.83. The lowest BCUT2D eigenvalue weighted by atomic mass is 10.1. The monoisotopic (exact) mass is 436 g/mol. The molecule has 34 heavy (non-hydrogen) atoms. The molecule has 0 saturated heterocycles. The molecule has 0 aliphatic carbocycles. The minimum Gasteiger partial charge on any atom is -0.354 e. The molecular formula is C30H20N4. The molecule has 4 aromatic carbocycles. The summed E-state index contributed by atoms with van der Waals surface area (Å²) in [5, 5.41) is 3.66. The largest absolute Gasteiger partial charge is 0.354 e. The first-order chi connectivity index (χ1) is 16.9. The van der Waals surface area contributed by atoms with Crippen LogP contribution in [0.4, 0.5) is 0 Å². The molecule has 4 heteroatoms. The maximum Gasteiger partial charge on any atom is 0.159 e. The Morgan fingerprint density at radius 3 is 2.18 bits per heavy atom. The lowest BCUT2D eigenvalue weighted by Crippen LogP contribution is -2.01. The van der Waals surface area contributed by atoms with Crippen molar-refractivity contribution >= 4 is 32.7 Å². The fourth-order valence-corrected chi connectivity index (χ4v) is 4.83. The summed E-state index contributed by atoms with van der Waals surface area (Å²) in [6, 6.07) is 35.5. The van der Waals surface area contributed by atoms with Gasteiger partial charge in [0.1, 0.15) is 0 Å². The third-order valence-corrected chi connectivity index (χ3v) is 6.46. The second-order valence-electron chi connectivity index (χ2n) is 8.44. The van der Waals surface area contributed by atoms with Crippen molar-refractivity contribution in [3.63, 3.8) is 0 Å². The van der Waals surface area contributed by atoms with Crippen LogP contribution in [-0.2, 0) is 0 Å². The van der Waals surface area contributed by atoms with Crippen LogP contribution in [-0.4, -0.2) is 19.5 Å². The van der Waals surface area contributed by atoms with Gasteiger partial charge in [-0.1, -0.05) is 84.9 Å². The summed E-state index contributed by atoms with van der Waals surface area (Å²) in [5.41, 5.74) is 7.35. The first kappa shape index (κ1) is 18.8. The molecular weight excluding hydrogens is 416 g/mol. The average Bonchev–Trinajstić information content (AvgIpc) is 3.51. The molecule has 0 unspecified atom stereocenters. The van der Waals surface area contributed by atoms with E-state index in [0.29, 0.717) is 0 Å². The minimum absolute atomic E-state index is 0.720. The van der Waals surface area contributed by atoms with Crippen molar-refractivity contribution < 1.29 is 0 Å². The summed E-state index contributed by atoms with van der Waals surface area (Å²) in [4.78, 5) is 13.4. The topological polar surface area (TPSA) is 46.5 Å². The zero-order valence-electron chi connectivity index (χ0n) is 18.3. The molecule has 4 nitrogen and oxygen atoms in total. The van der Waals surface area contributed by atoms with Gasteiger partial charge in [0.05, 0.1) is 28.6 Å². The molecule has 0 spiro atoms. The Bertz CT molecular complexity index is 1790. The van der Waals surface area contributed by atoms with E-state index in [2.05, 4.69) is 70.3 Å². The summed E-state index contributed by atoms with van der Waals surface area (Å²) in [6.45, 7) is 0. The number of hydrogen-bond donors (Lipinski definition) is 1. The van der Waals surface area contributed by atoms with Gasteiger partial charge in [0, 0.05) is 39.0 Å². The Morgan fingerprint density at radius 2 is 1.35 bits per heavy atom. The highest BCUT2D eigenvalue weighted by atomic mass is 15.0. The molecule has 0 fully saturated rings. The summed E-state index contributed by atoms with van der Waals surface area (Å²) < 4.78 is 2.19. The lowest BCUT2D eigenvalue weighted by Gasteiger charge is -2.13. The van der Waals surface area contributed by atoms with Crippen LogP contribution >= 0.6 is 0 Å². The third-order valence-electron chi connectivity index (χ3n) is 6.46. The third kappa shape index (κ3) is 2.86. The smallest absolute Gasteiger partial charge is 0.159 e. The number of benzene rings is 4. The summed E-state index contributed by atoms with van der Waals surface area (Å²) in [6.07, 6.45) is 4.05. The van der Waals surface area contributed by atoms with Gasteiger partial charge in [-0.3, -0.25) is 0 Å². The van der Waals surface area contributed by atoms with E-state index in [0.717, 1.165) is 44.9 Å².